The van der Waals surface area contributed by atoms with Gasteiger partial charge in [0.1, 0.15) is 0 Å². The number of carbonyl (C=O) groups is 1. The topological polar surface area (TPSA) is 32.8 Å². The van der Waals surface area contributed by atoms with Gasteiger partial charge >= 0.3 is 0 Å². The molecule has 2 aliphatic heterocycles. The van der Waals surface area contributed by atoms with E-state index in [2.05, 4.69) is 23.6 Å². The zero-order chi connectivity index (χ0) is 15.6. The van der Waals surface area contributed by atoms with E-state index in [9.17, 15) is 4.79 Å². The first kappa shape index (κ1) is 16.8. The maximum Gasteiger partial charge on any atom is 0.227 e. The van der Waals surface area contributed by atoms with Crippen LogP contribution < -0.4 is 0 Å². The van der Waals surface area contributed by atoms with Crippen molar-refractivity contribution in [1.29, 1.82) is 0 Å². The molecule has 21 heavy (non-hydrogen) atoms. The summed E-state index contributed by atoms with van der Waals surface area (Å²) in [6.07, 6.45) is 2.97. The Morgan fingerprint density at radius 2 is 1.62 bits per heavy atom. The molecule has 2 heterocycles. The van der Waals surface area contributed by atoms with Crippen LogP contribution in [0.1, 0.15) is 47.5 Å². The predicted octanol–water partition coefficient (Wildman–Crippen LogP) is 2.38. The highest BCUT2D eigenvalue weighted by Gasteiger charge is 2.31. The molecule has 122 valence electrons. The number of nitrogens with zero attached hydrogens (tertiary/aromatic N) is 2. The minimum Gasteiger partial charge on any atom is -0.373 e. The molecule has 0 aromatic heterocycles. The van der Waals surface area contributed by atoms with E-state index in [4.69, 9.17) is 4.74 Å². The van der Waals surface area contributed by atoms with Crippen molar-refractivity contribution in [3.63, 3.8) is 0 Å². The van der Waals surface area contributed by atoms with Crippen LogP contribution in [0.4, 0.5) is 0 Å². The van der Waals surface area contributed by atoms with E-state index in [0.717, 1.165) is 51.5 Å². The Labute approximate surface area is 129 Å². The standard InChI is InChI=1S/C17H32N2O2/c1-13-10-18(11-14(2)21-13)12-15-6-8-19(9-7-15)16(20)17(3,4)5/h13-15H,6-12H2,1-5H3. The summed E-state index contributed by atoms with van der Waals surface area (Å²) in [6.45, 7) is 15.5. The smallest absolute Gasteiger partial charge is 0.227 e. The van der Waals surface area contributed by atoms with Gasteiger partial charge in [-0.05, 0) is 32.6 Å². The fraction of sp³-hybridized carbons (Fsp3) is 0.941. The average Bonchev–Trinajstić information content (AvgIpc) is 2.36. The third-order valence-electron chi connectivity index (χ3n) is 4.55. The monoisotopic (exact) mass is 296 g/mol. The molecule has 0 N–H and O–H groups in total. The van der Waals surface area contributed by atoms with E-state index < -0.39 is 0 Å². The molecule has 4 nitrogen and oxygen atoms in total. The van der Waals surface area contributed by atoms with Crippen molar-refractivity contribution in [2.24, 2.45) is 11.3 Å². The molecule has 0 saturated carbocycles. The molecule has 2 aliphatic rings. The molecule has 0 aromatic carbocycles. The van der Waals surface area contributed by atoms with E-state index in [0.29, 0.717) is 18.1 Å². The van der Waals surface area contributed by atoms with Crippen molar-refractivity contribution in [2.45, 2.75) is 59.7 Å². The van der Waals surface area contributed by atoms with Crippen molar-refractivity contribution >= 4 is 5.91 Å². The van der Waals surface area contributed by atoms with Crippen molar-refractivity contribution in [3.05, 3.63) is 0 Å². The van der Waals surface area contributed by atoms with Crippen LogP contribution in [0, 0.1) is 11.3 Å². The zero-order valence-corrected chi connectivity index (χ0v) is 14.4. The largest absolute Gasteiger partial charge is 0.373 e. The second-order valence-electron chi connectivity index (χ2n) is 7.96. The molecule has 2 unspecified atom stereocenters. The van der Waals surface area contributed by atoms with Gasteiger partial charge in [-0.15, -0.1) is 0 Å². The molecule has 2 atom stereocenters. The Morgan fingerprint density at radius 1 is 1.10 bits per heavy atom. The number of piperidine rings is 1. The molecule has 0 aliphatic carbocycles. The zero-order valence-electron chi connectivity index (χ0n) is 14.4. The summed E-state index contributed by atoms with van der Waals surface area (Å²) in [4.78, 5) is 16.9. The predicted molar refractivity (Wildman–Crippen MR) is 85.2 cm³/mol. The second-order valence-corrected chi connectivity index (χ2v) is 7.96. The van der Waals surface area contributed by atoms with Gasteiger partial charge < -0.3 is 9.64 Å². The first-order chi connectivity index (χ1) is 9.75. The van der Waals surface area contributed by atoms with E-state index in [1.54, 1.807) is 0 Å². The number of morpholine rings is 1. The minimum atomic E-state index is -0.248. The molecule has 2 rings (SSSR count). The summed E-state index contributed by atoms with van der Waals surface area (Å²) >= 11 is 0. The summed E-state index contributed by atoms with van der Waals surface area (Å²) in [5, 5.41) is 0. The lowest BCUT2D eigenvalue weighted by Crippen LogP contribution is -2.49. The van der Waals surface area contributed by atoms with Crippen LogP contribution in [0.3, 0.4) is 0 Å². The van der Waals surface area contributed by atoms with E-state index in [1.165, 1.54) is 0 Å². The summed E-state index contributed by atoms with van der Waals surface area (Å²) in [7, 11) is 0. The van der Waals surface area contributed by atoms with E-state index in [-0.39, 0.29) is 5.41 Å². The highest BCUT2D eigenvalue weighted by Crippen LogP contribution is 2.25. The Bertz CT molecular complexity index is 346. The number of carbonyl (C=O) groups excluding carboxylic acids is 1. The third kappa shape index (κ3) is 4.68. The van der Waals surface area contributed by atoms with E-state index in [1.807, 2.05) is 20.8 Å². The minimum absolute atomic E-state index is 0.248. The van der Waals surface area contributed by atoms with Gasteiger partial charge in [-0.2, -0.15) is 0 Å². The molecule has 0 radical (unpaired) electrons. The van der Waals surface area contributed by atoms with Crippen LogP contribution in [0.2, 0.25) is 0 Å². The molecule has 0 spiro atoms. The normalized spacial score (nSPS) is 29.7. The van der Waals surface area contributed by atoms with Gasteiger partial charge in [-0.1, -0.05) is 20.8 Å². The molecular weight excluding hydrogens is 264 g/mol. The van der Waals surface area contributed by atoms with Crippen LogP contribution in [-0.2, 0) is 9.53 Å². The molecule has 2 fully saturated rings. The van der Waals surface area contributed by atoms with Gasteiger partial charge in [-0.25, -0.2) is 0 Å². The van der Waals surface area contributed by atoms with Gasteiger partial charge in [-0.3, -0.25) is 9.69 Å². The van der Waals surface area contributed by atoms with Gasteiger partial charge in [0.15, 0.2) is 0 Å². The SMILES string of the molecule is CC1CN(CC2CCN(C(=O)C(C)(C)C)CC2)CC(C)O1. The average molecular weight is 296 g/mol. The Hall–Kier alpha value is -0.610. The van der Waals surface area contributed by atoms with Crippen molar-refractivity contribution in [1.82, 2.24) is 9.80 Å². The molecular formula is C17H32N2O2. The lowest BCUT2D eigenvalue weighted by atomic mass is 9.90. The molecule has 0 aromatic rings. The van der Waals surface area contributed by atoms with Crippen molar-refractivity contribution < 1.29 is 9.53 Å². The van der Waals surface area contributed by atoms with Crippen LogP contribution in [0.25, 0.3) is 0 Å². The van der Waals surface area contributed by atoms with Crippen LogP contribution in [-0.4, -0.2) is 60.6 Å². The summed E-state index contributed by atoms with van der Waals surface area (Å²) < 4.78 is 5.80. The quantitative estimate of drug-likeness (QED) is 0.784. The lowest BCUT2D eigenvalue weighted by Gasteiger charge is -2.40. The number of amides is 1. The fourth-order valence-corrected chi connectivity index (χ4v) is 3.59. The van der Waals surface area contributed by atoms with Gasteiger partial charge in [0.25, 0.3) is 0 Å². The number of hydrogen-bond acceptors (Lipinski definition) is 3. The number of likely N-dealkylation sites (tertiary alicyclic amines) is 1. The van der Waals surface area contributed by atoms with Crippen LogP contribution in [0.15, 0.2) is 0 Å². The maximum atomic E-state index is 12.3. The Balaban J connectivity index is 1.78. The molecule has 2 saturated heterocycles. The summed E-state index contributed by atoms with van der Waals surface area (Å²) in [5.74, 6) is 1.03. The van der Waals surface area contributed by atoms with E-state index >= 15 is 0 Å². The van der Waals surface area contributed by atoms with Gasteiger partial charge in [0.05, 0.1) is 12.2 Å². The third-order valence-corrected chi connectivity index (χ3v) is 4.55. The maximum absolute atomic E-state index is 12.3. The molecule has 1 amide bonds. The number of rotatable bonds is 2. The van der Waals surface area contributed by atoms with Crippen LogP contribution in [0.5, 0.6) is 0 Å². The highest BCUT2D eigenvalue weighted by molar-refractivity contribution is 5.81. The van der Waals surface area contributed by atoms with Crippen molar-refractivity contribution in [2.75, 3.05) is 32.7 Å². The highest BCUT2D eigenvalue weighted by atomic mass is 16.5. The van der Waals surface area contributed by atoms with Gasteiger partial charge in [0, 0.05) is 38.1 Å². The van der Waals surface area contributed by atoms with Crippen molar-refractivity contribution in [3.8, 4) is 0 Å². The Kier molecular flexibility index (Phi) is 5.31. The lowest BCUT2D eigenvalue weighted by molar-refractivity contribution is -0.141. The number of ether oxygens (including phenoxy) is 1. The number of hydrogen-bond donors (Lipinski definition) is 0. The second kappa shape index (κ2) is 6.66. The Morgan fingerprint density at radius 3 is 2.10 bits per heavy atom. The molecule has 4 heteroatoms. The van der Waals surface area contributed by atoms with Gasteiger partial charge in [0.2, 0.25) is 5.91 Å². The fourth-order valence-electron chi connectivity index (χ4n) is 3.59. The summed E-state index contributed by atoms with van der Waals surface area (Å²) in [5.41, 5.74) is -0.248. The first-order valence-electron chi connectivity index (χ1n) is 8.43. The van der Waals surface area contributed by atoms with Crippen LogP contribution >= 0.6 is 0 Å². The summed E-state index contributed by atoms with van der Waals surface area (Å²) in [6, 6.07) is 0. The first-order valence-corrected chi connectivity index (χ1v) is 8.43. The molecule has 0 bridgehead atoms.